The van der Waals surface area contributed by atoms with Gasteiger partial charge in [-0.05, 0) is 6.92 Å². The van der Waals surface area contributed by atoms with Gasteiger partial charge in [-0.2, -0.15) is 0 Å². The van der Waals surface area contributed by atoms with Gasteiger partial charge < -0.3 is 14.9 Å². The topological polar surface area (TPSA) is 148 Å². The first kappa shape index (κ1) is 16.3. The Labute approximate surface area is 124 Å². The number of H-pyrrole nitrogens is 1. The zero-order valence-corrected chi connectivity index (χ0v) is 11.9. The zero-order valence-electron chi connectivity index (χ0n) is 11.9. The van der Waals surface area contributed by atoms with Crippen LogP contribution in [0.5, 0.6) is 0 Å². The summed E-state index contributed by atoms with van der Waals surface area (Å²) in [5, 5.41) is 29.8. The van der Waals surface area contributed by atoms with Crippen molar-refractivity contribution in [2.24, 2.45) is 0 Å². The van der Waals surface area contributed by atoms with Crippen molar-refractivity contribution in [3.05, 3.63) is 42.7 Å². The van der Waals surface area contributed by atoms with Gasteiger partial charge in [0.05, 0.1) is 19.1 Å². The summed E-state index contributed by atoms with van der Waals surface area (Å²) < 4.78 is 6.61. The molecule has 0 aliphatic carbocycles. The first-order chi connectivity index (χ1) is 10.3. The maximum atomic E-state index is 12.0. The van der Waals surface area contributed by atoms with E-state index < -0.39 is 47.3 Å². The van der Waals surface area contributed by atoms with Gasteiger partial charge in [0.15, 0.2) is 5.72 Å². The molecule has 0 bridgehead atoms. The Balaban J connectivity index is 2.50. The van der Waals surface area contributed by atoms with Crippen molar-refractivity contribution in [2.45, 2.75) is 37.7 Å². The highest BCUT2D eigenvalue weighted by Crippen LogP contribution is 2.37. The Morgan fingerprint density at radius 1 is 1.59 bits per heavy atom. The number of nitro groups is 1. The van der Waals surface area contributed by atoms with Crippen molar-refractivity contribution in [3.63, 3.8) is 0 Å². The average Bonchev–Trinajstić information content (AvgIpc) is 2.78. The van der Waals surface area contributed by atoms with Crippen LogP contribution >= 0.6 is 0 Å². The summed E-state index contributed by atoms with van der Waals surface area (Å²) >= 11 is 0. The van der Waals surface area contributed by atoms with E-state index >= 15 is 0 Å². The Bertz CT molecular complexity index is 682. The molecule has 0 spiro atoms. The molecule has 22 heavy (non-hydrogen) atoms. The van der Waals surface area contributed by atoms with E-state index in [1.165, 1.54) is 13.1 Å². The van der Waals surface area contributed by atoms with Gasteiger partial charge in [-0.1, -0.05) is 0 Å². The first-order valence-corrected chi connectivity index (χ1v) is 6.70. The molecule has 1 aromatic rings. The third-order valence-corrected chi connectivity index (χ3v) is 3.75. The Morgan fingerprint density at radius 3 is 2.82 bits per heavy atom. The van der Waals surface area contributed by atoms with Crippen LogP contribution in [0, 0.1) is 17.0 Å². The van der Waals surface area contributed by atoms with Crippen molar-refractivity contribution >= 4 is 0 Å². The predicted molar refractivity (Wildman–Crippen MR) is 73.1 cm³/mol. The first-order valence-electron chi connectivity index (χ1n) is 6.70. The number of aliphatic hydroxyl groups excluding tert-OH is 2. The van der Waals surface area contributed by atoms with Crippen LogP contribution in [0.15, 0.2) is 15.8 Å². The van der Waals surface area contributed by atoms with E-state index in [2.05, 4.69) is 4.98 Å². The third-order valence-electron chi connectivity index (χ3n) is 3.75. The fourth-order valence-electron chi connectivity index (χ4n) is 2.60. The third kappa shape index (κ3) is 2.93. The lowest BCUT2D eigenvalue weighted by molar-refractivity contribution is -0.485. The maximum absolute atomic E-state index is 12.0. The fraction of sp³-hybridized carbons (Fsp3) is 0.667. The highest BCUT2D eigenvalue weighted by molar-refractivity contribution is 5.04. The number of hydrogen-bond donors (Lipinski definition) is 3. The van der Waals surface area contributed by atoms with Gasteiger partial charge in [-0.15, -0.1) is 0 Å². The number of aryl methyl sites for hydroxylation is 1. The van der Waals surface area contributed by atoms with E-state index in [4.69, 9.17) is 4.74 Å². The second-order valence-electron chi connectivity index (χ2n) is 5.30. The minimum atomic E-state index is -1.48. The lowest BCUT2D eigenvalue weighted by Gasteiger charge is -2.29. The van der Waals surface area contributed by atoms with Gasteiger partial charge in [0.25, 0.3) is 5.56 Å². The summed E-state index contributed by atoms with van der Waals surface area (Å²) in [7, 11) is 0. The van der Waals surface area contributed by atoms with Gasteiger partial charge in [-0.3, -0.25) is 24.5 Å². The van der Waals surface area contributed by atoms with Gasteiger partial charge >= 0.3 is 5.69 Å². The molecule has 3 N–H and O–H groups in total. The largest absolute Gasteiger partial charge is 0.394 e. The van der Waals surface area contributed by atoms with Crippen molar-refractivity contribution in [2.75, 3.05) is 13.2 Å². The van der Waals surface area contributed by atoms with Crippen molar-refractivity contribution in [1.82, 2.24) is 9.55 Å². The highest BCUT2D eigenvalue weighted by atomic mass is 16.6. The highest BCUT2D eigenvalue weighted by Gasteiger charge is 2.48. The van der Waals surface area contributed by atoms with Crippen LogP contribution in [-0.2, 0) is 10.5 Å². The molecule has 0 aromatic carbocycles. The molecule has 1 aliphatic heterocycles. The van der Waals surface area contributed by atoms with E-state index in [0.29, 0.717) is 0 Å². The number of nitrogens with one attached hydrogen (secondary N) is 1. The quantitative estimate of drug-likeness (QED) is 0.433. The van der Waals surface area contributed by atoms with Crippen LogP contribution in [0.25, 0.3) is 0 Å². The summed E-state index contributed by atoms with van der Waals surface area (Å²) in [5.74, 6) is 0. The summed E-state index contributed by atoms with van der Waals surface area (Å²) in [5.41, 5.74) is -2.61. The number of nitrogens with zero attached hydrogens (tertiary/aromatic N) is 2. The molecule has 10 heteroatoms. The number of aromatic nitrogens is 2. The van der Waals surface area contributed by atoms with E-state index in [9.17, 15) is 29.9 Å². The molecule has 0 amide bonds. The molecule has 0 saturated carbocycles. The van der Waals surface area contributed by atoms with Crippen LogP contribution in [0.1, 0.15) is 18.4 Å². The van der Waals surface area contributed by atoms with E-state index in [-0.39, 0.29) is 18.4 Å². The predicted octanol–water partition coefficient (Wildman–Crippen LogP) is -1.69. The van der Waals surface area contributed by atoms with Crippen molar-refractivity contribution in [3.8, 4) is 0 Å². The molecule has 1 aromatic heterocycles. The van der Waals surface area contributed by atoms with Crippen molar-refractivity contribution < 1.29 is 19.9 Å². The molecule has 2 heterocycles. The van der Waals surface area contributed by atoms with Crippen LogP contribution in [-0.4, -0.2) is 50.0 Å². The van der Waals surface area contributed by atoms with Crippen LogP contribution in [0.2, 0.25) is 0 Å². The Morgan fingerprint density at radius 2 is 2.27 bits per heavy atom. The summed E-state index contributed by atoms with van der Waals surface area (Å²) in [6.07, 6.45) is -1.06. The Kier molecular flexibility index (Phi) is 4.44. The lowest BCUT2D eigenvalue weighted by Crippen LogP contribution is -2.46. The maximum Gasteiger partial charge on any atom is 0.330 e. The van der Waals surface area contributed by atoms with Gasteiger partial charge in [0.2, 0.25) is 6.54 Å². The second kappa shape index (κ2) is 5.99. The fourth-order valence-corrected chi connectivity index (χ4v) is 2.60. The van der Waals surface area contributed by atoms with E-state index in [1.807, 2.05) is 0 Å². The summed E-state index contributed by atoms with van der Waals surface area (Å²) in [4.78, 5) is 35.7. The molecule has 1 fully saturated rings. The normalized spacial score (nSPS) is 28.0. The minimum absolute atomic E-state index is 0.0997. The SMILES string of the molecule is Cc1cn([C@@]2(CC[N+](=O)[O-])C[C@H](O)[C@@H](CO)O2)c(=O)[nH]c1=O. The van der Waals surface area contributed by atoms with E-state index in [0.717, 1.165) is 4.57 Å². The van der Waals surface area contributed by atoms with Gasteiger partial charge in [0.1, 0.15) is 6.10 Å². The molecule has 122 valence electrons. The van der Waals surface area contributed by atoms with E-state index in [1.54, 1.807) is 0 Å². The smallest absolute Gasteiger partial charge is 0.330 e. The molecule has 0 radical (unpaired) electrons. The monoisotopic (exact) mass is 315 g/mol. The van der Waals surface area contributed by atoms with Crippen LogP contribution in [0.4, 0.5) is 0 Å². The molecule has 0 unspecified atom stereocenters. The molecular formula is C12H17N3O7. The number of rotatable bonds is 5. The summed E-state index contributed by atoms with van der Waals surface area (Å²) in [6.45, 7) is 0.499. The lowest BCUT2D eigenvalue weighted by atomic mass is 10.0. The van der Waals surface area contributed by atoms with Crippen LogP contribution < -0.4 is 11.2 Å². The number of aliphatic hydroxyl groups is 2. The molecule has 1 saturated heterocycles. The summed E-state index contributed by atoms with van der Waals surface area (Å²) in [6, 6.07) is 0. The molecule has 2 rings (SSSR count). The standard InChI is InChI=1S/C12H17N3O7/c1-7-5-14(11(19)13-10(7)18)12(2-3-15(20)21)4-8(17)9(6-16)22-12/h5,8-9,16-17H,2-4,6H2,1H3,(H,13,18,19)/t8-,9+,12+/m0/s1. The Hall–Kier alpha value is -2.04. The number of hydrogen-bond acceptors (Lipinski definition) is 7. The minimum Gasteiger partial charge on any atom is -0.394 e. The zero-order chi connectivity index (χ0) is 16.5. The number of aromatic amines is 1. The molecular weight excluding hydrogens is 298 g/mol. The van der Waals surface area contributed by atoms with Crippen LogP contribution in [0.3, 0.4) is 0 Å². The average molecular weight is 315 g/mol. The van der Waals surface area contributed by atoms with Gasteiger partial charge in [0, 0.05) is 23.1 Å². The van der Waals surface area contributed by atoms with Gasteiger partial charge in [-0.25, -0.2) is 4.79 Å². The molecule has 10 nitrogen and oxygen atoms in total. The molecule has 3 atom stereocenters. The molecule has 1 aliphatic rings. The van der Waals surface area contributed by atoms with Crippen molar-refractivity contribution in [1.29, 1.82) is 0 Å². The number of ether oxygens (including phenoxy) is 1. The second-order valence-corrected chi connectivity index (χ2v) is 5.30.